The topological polar surface area (TPSA) is 93.8 Å². The zero-order chi connectivity index (χ0) is 57.6. The van der Waals surface area contributed by atoms with E-state index < -0.39 is 5.41 Å². The van der Waals surface area contributed by atoms with Crippen molar-refractivity contribution in [3.05, 3.63) is 215 Å². The Morgan fingerprint density at radius 2 is 0.560 bits per heavy atom. The van der Waals surface area contributed by atoms with Crippen LogP contribution in [-0.2, 0) is 16.2 Å². The van der Waals surface area contributed by atoms with E-state index in [1.165, 1.54) is 79.1 Å². The van der Waals surface area contributed by atoms with Crippen molar-refractivity contribution in [3.8, 4) is 118 Å². The lowest BCUT2D eigenvalue weighted by molar-refractivity contribution is 0.242. The van der Waals surface area contributed by atoms with E-state index in [0.29, 0.717) is 0 Å². The highest BCUT2D eigenvalue weighted by Gasteiger charge is 2.41. The van der Waals surface area contributed by atoms with Crippen LogP contribution in [0.5, 0.6) is 11.5 Å². The Kier molecular flexibility index (Phi) is 11.7. The van der Waals surface area contributed by atoms with Gasteiger partial charge in [-0.05, 0) is 207 Å². The number of nitrogens with zero attached hydrogens (tertiary/aromatic N) is 5. The highest BCUT2D eigenvalue weighted by molar-refractivity contribution is 7.00. The zero-order valence-corrected chi connectivity index (χ0v) is 50.0. The first-order valence-electron chi connectivity index (χ1n) is 28.9. The van der Waals surface area contributed by atoms with Crippen LogP contribution in [0.2, 0.25) is 0 Å². The molecule has 7 nitrogen and oxygen atoms in total. The summed E-state index contributed by atoms with van der Waals surface area (Å²) in [6.45, 7) is 19.6. The van der Waals surface area contributed by atoms with Gasteiger partial charge in [-0.1, -0.05) is 149 Å². The van der Waals surface area contributed by atoms with Gasteiger partial charge in [0.1, 0.15) is 39.0 Å². The molecular formula is C75H59N5O2S2. The third-order valence-corrected chi connectivity index (χ3v) is 19.2. The van der Waals surface area contributed by atoms with Gasteiger partial charge in [-0.25, -0.2) is 0 Å². The number of fused-ring (bicyclic) bond motifs is 11. The first kappa shape index (κ1) is 51.8. The first-order chi connectivity index (χ1) is 40.6. The molecule has 408 valence electrons. The van der Waals surface area contributed by atoms with Gasteiger partial charge < -0.3 is 9.47 Å². The molecule has 10 aromatic carbocycles. The van der Waals surface area contributed by atoms with Crippen LogP contribution in [-0.4, -0.2) is 29.7 Å². The molecule has 9 heteroatoms. The van der Waals surface area contributed by atoms with Gasteiger partial charge in [-0.15, -0.1) is 0 Å². The van der Waals surface area contributed by atoms with Gasteiger partial charge in [-0.2, -0.15) is 22.8 Å². The molecule has 0 saturated carbocycles. The largest absolute Gasteiger partial charge is 0.491 e. The van der Waals surface area contributed by atoms with Crippen LogP contribution in [0.25, 0.3) is 122 Å². The van der Waals surface area contributed by atoms with Crippen molar-refractivity contribution in [2.45, 2.75) is 90.8 Å². The Hall–Kier alpha value is -9.07. The molecule has 15 rings (SSSR count). The summed E-state index contributed by atoms with van der Waals surface area (Å²) in [6, 6.07) is 69.0. The Morgan fingerprint density at radius 3 is 0.857 bits per heavy atom. The zero-order valence-electron chi connectivity index (χ0n) is 48.3. The molecule has 2 heterocycles. The summed E-state index contributed by atoms with van der Waals surface area (Å²) in [7, 11) is 0. The maximum absolute atomic E-state index is 11.0. The lowest BCUT2D eigenvalue weighted by Gasteiger charge is -2.23. The van der Waals surface area contributed by atoms with Gasteiger partial charge in [0, 0.05) is 33.1 Å². The summed E-state index contributed by atoms with van der Waals surface area (Å²) in [5.41, 5.74) is 29.8. The Balaban J connectivity index is 0.706. The lowest BCUT2D eigenvalue weighted by Crippen LogP contribution is -2.17. The molecule has 0 N–H and O–H groups in total. The highest BCUT2D eigenvalue weighted by Crippen LogP contribution is 2.55. The predicted molar refractivity (Wildman–Crippen MR) is 345 cm³/mol. The molecule has 12 aromatic rings. The molecule has 1 atom stereocenters. The lowest BCUT2D eigenvalue weighted by atomic mass is 9.80. The number of benzene rings is 10. The molecule has 3 aliphatic rings. The number of nitriles is 1. The van der Waals surface area contributed by atoms with Crippen molar-refractivity contribution in [1.82, 2.24) is 17.5 Å². The number of rotatable bonds is 10. The number of ether oxygens (including phenoxy) is 2. The normalized spacial score (nSPS) is 15.6. The first-order valence-corrected chi connectivity index (χ1v) is 30.4. The van der Waals surface area contributed by atoms with Gasteiger partial charge >= 0.3 is 0 Å². The van der Waals surface area contributed by atoms with Crippen LogP contribution in [0.1, 0.15) is 95.7 Å². The predicted octanol–water partition coefficient (Wildman–Crippen LogP) is 19.7. The van der Waals surface area contributed by atoms with E-state index in [0.717, 1.165) is 111 Å². The maximum atomic E-state index is 11.0. The van der Waals surface area contributed by atoms with Crippen LogP contribution in [0.15, 0.2) is 182 Å². The second kappa shape index (κ2) is 19.0. The van der Waals surface area contributed by atoms with E-state index in [-0.39, 0.29) is 23.0 Å². The minimum Gasteiger partial charge on any atom is -0.491 e. The molecule has 0 radical (unpaired) electrons. The van der Waals surface area contributed by atoms with Gasteiger partial charge in [-0.3, -0.25) is 0 Å². The van der Waals surface area contributed by atoms with Gasteiger partial charge in [0.2, 0.25) is 0 Å². The van der Waals surface area contributed by atoms with Crippen molar-refractivity contribution >= 4 is 45.5 Å². The van der Waals surface area contributed by atoms with E-state index >= 15 is 0 Å². The maximum Gasteiger partial charge on any atom is 0.119 e. The molecule has 0 saturated heterocycles. The average molecular weight is 1130 g/mol. The monoisotopic (exact) mass is 1130 g/mol. The molecule has 0 amide bonds. The van der Waals surface area contributed by atoms with Crippen molar-refractivity contribution in [1.29, 1.82) is 5.26 Å². The Morgan fingerprint density at radius 1 is 0.321 bits per heavy atom. The molecule has 0 fully saturated rings. The van der Waals surface area contributed by atoms with E-state index in [2.05, 4.69) is 217 Å². The van der Waals surface area contributed by atoms with E-state index in [1.54, 1.807) is 0 Å². The summed E-state index contributed by atoms with van der Waals surface area (Å²) in [5, 5.41) is 11.0. The fourth-order valence-electron chi connectivity index (χ4n) is 13.8. The van der Waals surface area contributed by atoms with Crippen molar-refractivity contribution in [3.63, 3.8) is 0 Å². The fourth-order valence-corrected chi connectivity index (χ4v) is 15.0. The molecule has 2 aromatic heterocycles. The molecule has 84 heavy (non-hydrogen) atoms. The Labute approximate surface area is 498 Å². The number of hydrogen-bond acceptors (Lipinski definition) is 9. The van der Waals surface area contributed by atoms with E-state index in [9.17, 15) is 5.26 Å². The smallest absolute Gasteiger partial charge is 0.119 e. The van der Waals surface area contributed by atoms with Gasteiger partial charge in [0.25, 0.3) is 0 Å². The third kappa shape index (κ3) is 7.94. The molecule has 0 bridgehead atoms. The van der Waals surface area contributed by atoms with Gasteiger partial charge in [0.05, 0.1) is 41.7 Å². The second-order valence-electron chi connectivity index (χ2n) is 24.7. The summed E-state index contributed by atoms with van der Waals surface area (Å²) in [5.74, 6) is 1.73. The summed E-state index contributed by atoms with van der Waals surface area (Å²) in [6.07, 6.45) is 0.238. The standard InChI is InChI=1S/C75H59N5O2S2/c1-41(2)81-51-20-10-43(11-21-51)45-14-24-57-58-26-16-47(36-64(58)73(5,6)63(57)34-45)53-30-31-54(70-69(53)77-83-78-70)48-17-27-59-60-28-18-49(38-66(60)74(7,8)65(59)37-48)55-32-33-56(72-71(55)79-84-80-72)50-19-29-62-61-25-15-46(35-67(61)75(9,40-76)68(62)39-50)44-12-22-52(23-13-44)82-42(3)4/h10-39,41-42H,1-9H3. The molecule has 0 spiro atoms. The minimum absolute atomic E-state index is 0.103. The summed E-state index contributed by atoms with van der Waals surface area (Å²) < 4.78 is 31.7. The molecule has 0 aliphatic heterocycles. The number of aromatic nitrogens is 4. The van der Waals surface area contributed by atoms with Crippen molar-refractivity contribution < 1.29 is 9.47 Å². The molecule has 1 unspecified atom stereocenters. The van der Waals surface area contributed by atoms with Crippen LogP contribution in [0, 0.1) is 11.3 Å². The van der Waals surface area contributed by atoms with Crippen molar-refractivity contribution in [2.75, 3.05) is 0 Å². The SMILES string of the molecule is CC(C)Oc1ccc(-c2ccc3c(c2)C(C)(C)c2cc(-c4ccc(-c5ccc6c(c5)C(C)(C)c5cc(-c7ccc(-c8ccc9c(c8)C(C)(C#N)c8cc(-c%10ccc(OC(C)C)cc%10)ccc8-9)c8nsnc78)ccc5-6)c5nsnc45)ccc2-3)cc1. The number of hydrogen-bond donors (Lipinski definition) is 0. The molecule has 3 aliphatic carbocycles. The minimum atomic E-state index is -0.845. The molecular weight excluding hydrogens is 1070 g/mol. The Bertz CT molecular complexity index is 4770. The fraction of sp³-hybridized carbons (Fsp3) is 0.187. The highest BCUT2D eigenvalue weighted by atomic mass is 32.1. The van der Waals surface area contributed by atoms with E-state index in [1.807, 2.05) is 32.9 Å². The van der Waals surface area contributed by atoms with Gasteiger partial charge in [0.15, 0.2) is 0 Å². The summed E-state index contributed by atoms with van der Waals surface area (Å²) >= 11 is 2.52. The van der Waals surface area contributed by atoms with E-state index in [4.69, 9.17) is 27.0 Å². The van der Waals surface area contributed by atoms with Crippen LogP contribution in [0.4, 0.5) is 0 Å². The second-order valence-corrected chi connectivity index (χ2v) is 25.7. The van der Waals surface area contributed by atoms with Crippen LogP contribution in [0.3, 0.4) is 0 Å². The average Bonchev–Trinajstić information content (AvgIpc) is 2.15. The van der Waals surface area contributed by atoms with Crippen LogP contribution < -0.4 is 9.47 Å². The quantitative estimate of drug-likeness (QED) is 0.135. The third-order valence-electron chi connectivity index (χ3n) is 18.2. The van der Waals surface area contributed by atoms with Crippen LogP contribution >= 0.6 is 23.5 Å². The van der Waals surface area contributed by atoms with Crippen molar-refractivity contribution in [2.24, 2.45) is 0 Å². The summed E-state index contributed by atoms with van der Waals surface area (Å²) in [4.78, 5) is 0.